The molecule has 0 saturated heterocycles. The van der Waals surface area contributed by atoms with E-state index in [4.69, 9.17) is 13.9 Å². The van der Waals surface area contributed by atoms with Crippen molar-refractivity contribution in [1.82, 2.24) is 4.90 Å². The van der Waals surface area contributed by atoms with Crippen molar-refractivity contribution in [1.29, 1.82) is 0 Å². The Morgan fingerprint density at radius 2 is 1.56 bits per heavy atom. The summed E-state index contributed by atoms with van der Waals surface area (Å²) in [4.78, 5) is 15.1. The number of rotatable bonds is 6. The van der Waals surface area contributed by atoms with Crippen molar-refractivity contribution in [3.63, 3.8) is 0 Å². The van der Waals surface area contributed by atoms with Gasteiger partial charge in [0.2, 0.25) is 0 Å². The first-order valence-corrected chi connectivity index (χ1v) is 10.6. The monoisotopic (exact) mass is 425 g/mol. The van der Waals surface area contributed by atoms with Crippen LogP contribution in [0.15, 0.2) is 95.6 Å². The zero-order valence-electron chi connectivity index (χ0n) is 17.6. The summed E-state index contributed by atoms with van der Waals surface area (Å²) in [5.41, 5.74) is 4.25. The summed E-state index contributed by atoms with van der Waals surface area (Å²) in [6.45, 7) is 1.93. The van der Waals surface area contributed by atoms with E-state index < -0.39 is 0 Å². The van der Waals surface area contributed by atoms with Gasteiger partial charge in [0.15, 0.2) is 17.3 Å². The number of fused-ring (bicyclic) bond motifs is 1. The van der Waals surface area contributed by atoms with E-state index in [-0.39, 0.29) is 5.91 Å². The molecule has 0 saturated carbocycles. The molecule has 4 aromatic rings. The Hall–Kier alpha value is -3.99. The lowest BCUT2D eigenvalue weighted by molar-refractivity contribution is 0.0697. The second-order valence-electron chi connectivity index (χ2n) is 7.64. The quantitative estimate of drug-likeness (QED) is 0.406. The molecule has 3 aromatic carbocycles. The predicted molar refractivity (Wildman–Crippen MR) is 122 cm³/mol. The van der Waals surface area contributed by atoms with Crippen molar-refractivity contribution in [2.75, 3.05) is 13.2 Å². The Bertz CT molecular complexity index is 1200. The lowest BCUT2D eigenvalue weighted by Gasteiger charge is -2.25. The molecule has 0 spiro atoms. The van der Waals surface area contributed by atoms with Crippen LogP contribution in [0.25, 0.3) is 11.1 Å². The summed E-state index contributed by atoms with van der Waals surface area (Å²) in [6, 6.07) is 27.6. The summed E-state index contributed by atoms with van der Waals surface area (Å²) < 4.78 is 16.8. The van der Waals surface area contributed by atoms with Crippen LogP contribution in [-0.2, 0) is 13.1 Å². The van der Waals surface area contributed by atoms with Crippen LogP contribution in [0, 0.1) is 0 Å². The first-order valence-electron chi connectivity index (χ1n) is 10.6. The van der Waals surface area contributed by atoms with Gasteiger partial charge in [-0.2, -0.15) is 0 Å². The highest BCUT2D eigenvalue weighted by molar-refractivity contribution is 5.91. The van der Waals surface area contributed by atoms with Gasteiger partial charge in [-0.1, -0.05) is 60.7 Å². The van der Waals surface area contributed by atoms with Gasteiger partial charge in [-0.3, -0.25) is 4.79 Å². The van der Waals surface area contributed by atoms with Crippen LogP contribution in [0.1, 0.15) is 21.7 Å². The third-order valence-electron chi connectivity index (χ3n) is 5.46. The molecule has 5 rings (SSSR count). The van der Waals surface area contributed by atoms with Gasteiger partial charge in [0.05, 0.1) is 6.26 Å². The fourth-order valence-electron chi connectivity index (χ4n) is 3.93. The van der Waals surface area contributed by atoms with Crippen molar-refractivity contribution in [3.8, 4) is 22.6 Å². The van der Waals surface area contributed by atoms with Crippen LogP contribution in [0.2, 0.25) is 0 Å². The van der Waals surface area contributed by atoms with Gasteiger partial charge >= 0.3 is 0 Å². The van der Waals surface area contributed by atoms with E-state index in [1.807, 2.05) is 48.5 Å². The highest BCUT2D eigenvalue weighted by Crippen LogP contribution is 2.32. The summed E-state index contributed by atoms with van der Waals surface area (Å²) in [5, 5.41) is 0. The normalized spacial score (nSPS) is 12.4. The molecule has 0 N–H and O–H groups in total. The van der Waals surface area contributed by atoms with Crippen LogP contribution in [0.5, 0.6) is 11.5 Å². The molecule has 0 bridgehead atoms. The number of carbonyl (C=O) groups is 1. The highest BCUT2D eigenvalue weighted by Gasteiger charge is 2.21. The number of hydrogen-bond acceptors (Lipinski definition) is 4. The first-order chi connectivity index (χ1) is 15.8. The minimum Gasteiger partial charge on any atom is -0.486 e. The molecule has 1 aliphatic rings. The van der Waals surface area contributed by atoms with Crippen LogP contribution in [0.3, 0.4) is 0 Å². The number of amides is 1. The molecule has 0 unspecified atom stereocenters. The van der Waals surface area contributed by atoms with Gasteiger partial charge < -0.3 is 18.8 Å². The van der Waals surface area contributed by atoms with Gasteiger partial charge in [-0.05, 0) is 46.5 Å². The molecule has 1 amide bonds. The van der Waals surface area contributed by atoms with Gasteiger partial charge in [-0.25, -0.2) is 0 Å². The van der Waals surface area contributed by atoms with Gasteiger partial charge in [0.1, 0.15) is 13.2 Å². The number of benzene rings is 3. The number of ether oxygens (including phenoxy) is 2. The molecular formula is C27H23NO4. The second-order valence-corrected chi connectivity index (χ2v) is 7.64. The minimum absolute atomic E-state index is 0.159. The van der Waals surface area contributed by atoms with Crippen LogP contribution in [-0.4, -0.2) is 24.0 Å². The number of hydrogen-bond donors (Lipinski definition) is 0. The molecule has 1 aliphatic heterocycles. The lowest BCUT2D eigenvalue weighted by Crippen LogP contribution is -2.30. The van der Waals surface area contributed by atoms with E-state index in [1.54, 1.807) is 17.0 Å². The summed E-state index contributed by atoms with van der Waals surface area (Å²) in [7, 11) is 0. The van der Waals surface area contributed by atoms with E-state index in [1.165, 1.54) is 6.26 Å². The predicted octanol–water partition coefficient (Wildman–Crippen LogP) is 5.56. The average molecular weight is 425 g/mol. The molecule has 0 fully saturated rings. The fourth-order valence-corrected chi connectivity index (χ4v) is 3.93. The molecule has 160 valence electrons. The molecule has 5 heteroatoms. The Morgan fingerprint density at radius 3 is 2.38 bits per heavy atom. The highest BCUT2D eigenvalue weighted by atomic mass is 16.6. The molecule has 0 radical (unpaired) electrons. The fraction of sp³-hybridized carbons (Fsp3) is 0.148. The topological polar surface area (TPSA) is 51.9 Å². The Labute approximate surface area is 186 Å². The van der Waals surface area contributed by atoms with Crippen molar-refractivity contribution >= 4 is 5.91 Å². The maximum Gasteiger partial charge on any atom is 0.290 e. The Kier molecular flexibility index (Phi) is 5.62. The Balaban J connectivity index is 1.47. The zero-order chi connectivity index (χ0) is 21.8. The summed E-state index contributed by atoms with van der Waals surface area (Å²) in [5.74, 6) is 1.61. The molecule has 1 aromatic heterocycles. The third kappa shape index (κ3) is 4.23. The average Bonchev–Trinajstić information content (AvgIpc) is 3.39. The molecular weight excluding hydrogens is 402 g/mol. The van der Waals surface area contributed by atoms with E-state index in [0.717, 1.165) is 28.0 Å². The van der Waals surface area contributed by atoms with E-state index >= 15 is 0 Å². The van der Waals surface area contributed by atoms with Crippen molar-refractivity contribution in [2.24, 2.45) is 0 Å². The zero-order valence-corrected chi connectivity index (χ0v) is 17.6. The van der Waals surface area contributed by atoms with Gasteiger partial charge in [0.25, 0.3) is 5.91 Å². The number of furan rings is 1. The molecule has 2 heterocycles. The SMILES string of the molecule is O=C(c1ccco1)N(Cc1ccc2c(c1)OCCO2)Cc1ccccc1-c1ccccc1. The van der Waals surface area contributed by atoms with Gasteiger partial charge in [-0.15, -0.1) is 0 Å². The third-order valence-corrected chi connectivity index (χ3v) is 5.46. The van der Waals surface area contributed by atoms with Crippen molar-refractivity contribution in [2.45, 2.75) is 13.1 Å². The molecule has 5 nitrogen and oxygen atoms in total. The smallest absolute Gasteiger partial charge is 0.290 e. The van der Waals surface area contributed by atoms with Crippen molar-refractivity contribution < 1.29 is 18.7 Å². The van der Waals surface area contributed by atoms with E-state index in [9.17, 15) is 4.79 Å². The standard InChI is InChI=1S/C27H23NO4/c29-27(25-11-6-14-30-25)28(18-20-12-13-24-26(17-20)32-16-15-31-24)19-22-9-4-5-10-23(22)21-7-2-1-3-8-21/h1-14,17H,15-16,18-19H2. The number of carbonyl (C=O) groups excluding carboxylic acids is 1. The van der Waals surface area contributed by atoms with Crippen LogP contribution >= 0.6 is 0 Å². The molecule has 0 aliphatic carbocycles. The largest absolute Gasteiger partial charge is 0.486 e. The van der Waals surface area contributed by atoms with E-state index in [2.05, 4.69) is 24.3 Å². The van der Waals surface area contributed by atoms with E-state index in [0.29, 0.717) is 37.8 Å². The first kappa shape index (κ1) is 19.9. The minimum atomic E-state index is -0.159. The lowest BCUT2D eigenvalue weighted by atomic mass is 9.99. The van der Waals surface area contributed by atoms with Crippen molar-refractivity contribution in [3.05, 3.63) is 108 Å². The number of nitrogens with zero attached hydrogens (tertiary/aromatic N) is 1. The van der Waals surface area contributed by atoms with Crippen LogP contribution in [0.4, 0.5) is 0 Å². The van der Waals surface area contributed by atoms with Gasteiger partial charge in [0, 0.05) is 13.1 Å². The van der Waals surface area contributed by atoms with Crippen LogP contribution < -0.4 is 9.47 Å². The maximum atomic E-state index is 13.3. The second kappa shape index (κ2) is 9.02. The summed E-state index contributed by atoms with van der Waals surface area (Å²) in [6.07, 6.45) is 1.52. The molecule has 32 heavy (non-hydrogen) atoms. The Morgan fingerprint density at radius 1 is 0.781 bits per heavy atom. The maximum absolute atomic E-state index is 13.3. The summed E-state index contributed by atoms with van der Waals surface area (Å²) >= 11 is 0. The molecule has 0 atom stereocenters.